The lowest BCUT2D eigenvalue weighted by molar-refractivity contribution is -0.387. The summed E-state index contributed by atoms with van der Waals surface area (Å²) in [6.07, 6.45) is 0. The molecule has 80 valence electrons. The molecule has 0 aromatic heterocycles. The van der Waals surface area contributed by atoms with E-state index >= 15 is 0 Å². The molecule has 1 aromatic rings. The fourth-order valence-corrected chi connectivity index (χ4v) is 1.25. The molecule has 0 aliphatic heterocycles. The minimum Gasteiger partial charge on any atom is -0.387 e. The van der Waals surface area contributed by atoms with Crippen molar-refractivity contribution in [2.45, 2.75) is 0 Å². The van der Waals surface area contributed by atoms with E-state index in [1.54, 1.807) is 0 Å². The molecular weight excluding hydrogens is 225 g/mol. The molecular formula is C8H7ClFN3O2. The Hall–Kier alpha value is -1.69. The standard InChI is InChI=1S/C8H7ClFN3O2/c1-12-6-3-5(10)7(13(14)15)2-4(6)8(9)11/h2-3,11-12H,1H3. The number of nitrogens with zero attached hydrogens (tertiary/aromatic N) is 1. The number of hydrogen-bond acceptors (Lipinski definition) is 4. The van der Waals surface area contributed by atoms with Crippen LogP contribution in [0.3, 0.4) is 0 Å². The number of nitrogens with one attached hydrogen (secondary N) is 2. The van der Waals surface area contributed by atoms with E-state index < -0.39 is 16.4 Å². The molecule has 0 aliphatic carbocycles. The van der Waals surface area contributed by atoms with Crippen LogP contribution in [0.15, 0.2) is 12.1 Å². The molecule has 0 saturated heterocycles. The molecule has 7 heteroatoms. The molecule has 0 aliphatic rings. The minimum absolute atomic E-state index is 0.0901. The Bertz CT molecular complexity index is 436. The number of nitro groups is 1. The zero-order valence-electron chi connectivity index (χ0n) is 7.67. The Morgan fingerprint density at radius 1 is 1.67 bits per heavy atom. The topological polar surface area (TPSA) is 79.0 Å². The number of hydrogen-bond donors (Lipinski definition) is 2. The molecule has 0 fully saturated rings. The van der Waals surface area contributed by atoms with Crippen molar-refractivity contribution in [3.8, 4) is 0 Å². The SMILES string of the molecule is CNc1cc(F)c([N+](=O)[O-])cc1C(=N)Cl. The normalized spacial score (nSPS) is 9.80. The van der Waals surface area contributed by atoms with Gasteiger partial charge in [-0.1, -0.05) is 11.6 Å². The lowest BCUT2D eigenvalue weighted by Gasteiger charge is -2.06. The van der Waals surface area contributed by atoms with Crippen LogP contribution in [0.25, 0.3) is 0 Å². The number of benzene rings is 1. The largest absolute Gasteiger partial charge is 0.387 e. The smallest absolute Gasteiger partial charge is 0.305 e. The van der Waals surface area contributed by atoms with E-state index in [0.29, 0.717) is 0 Å². The highest BCUT2D eigenvalue weighted by molar-refractivity contribution is 6.69. The van der Waals surface area contributed by atoms with Crippen LogP contribution in [0.5, 0.6) is 0 Å². The van der Waals surface area contributed by atoms with Gasteiger partial charge in [-0.3, -0.25) is 15.5 Å². The molecule has 0 atom stereocenters. The summed E-state index contributed by atoms with van der Waals surface area (Å²) in [5.41, 5.74) is -0.375. The van der Waals surface area contributed by atoms with Gasteiger partial charge in [0, 0.05) is 30.4 Å². The van der Waals surface area contributed by atoms with Crippen molar-refractivity contribution >= 4 is 28.1 Å². The average Bonchev–Trinajstić information content (AvgIpc) is 2.16. The van der Waals surface area contributed by atoms with Crippen molar-refractivity contribution in [3.63, 3.8) is 0 Å². The van der Waals surface area contributed by atoms with Gasteiger partial charge in [0.15, 0.2) is 0 Å². The molecule has 2 N–H and O–H groups in total. The summed E-state index contributed by atoms with van der Waals surface area (Å²) >= 11 is 5.41. The van der Waals surface area contributed by atoms with Gasteiger partial charge in [-0.2, -0.15) is 4.39 Å². The highest BCUT2D eigenvalue weighted by Gasteiger charge is 2.19. The second-order valence-electron chi connectivity index (χ2n) is 2.67. The van der Waals surface area contributed by atoms with Crippen molar-refractivity contribution in [2.75, 3.05) is 12.4 Å². The van der Waals surface area contributed by atoms with Gasteiger partial charge in [0.05, 0.1) is 4.92 Å². The van der Waals surface area contributed by atoms with Gasteiger partial charge in [0.1, 0.15) is 5.17 Å². The lowest BCUT2D eigenvalue weighted by atomic mass is 10.1. The van der Waals surface area contributed by atoms with Gasteiger partial charge in [0.25, 0.3) is 0 Å². The van der Waals surface area contributed by atoms with E-state index in [1.807, 2.05) is 0 Å². The van der Waals surface area contributed by atoms with Crippen LogP contribution in [0, 0.1) is 21.3 Å². The summed E-state index contributed by atoms with van der Waals surface area (Å²) in [7, 11) is 1.50. The molecule has 1 aromatic carbocycles. The van der Waals surface area contributed by atoms with Crippen LogP contribution in [-0.2, 0) is 0 Å². The van der Waals surface area contributed by atoms with E-state index in [9.17, 15) is 14.5 Å². The Balaban J connectivity index is 3.43. The van der Waals surface area contributed by atoms with Crippen molar-refractivity contribution in [2.24, 2.45) is 0 Å². The second-order valence-corrected chi connectivity index (χ2v) is 3.05. The highest BCUT2D eigenvalue weighted by atomic mass is 35.5. The molecule has 0 bridgehead atoms. The van der Waals surface area contributed by atoms with Gasteiger partial charge < -0.3 is 5.32 Å². The van der Waals surface area contributed by atoms with Crippen LogP contribution in [0.4, 0.5) is 15.8 Å². The van der Waals surface area contributed by atoms with Crippen molar-refractivity contribution in [3.05, 3.63) is 33.6 Å². The Morgan fingerprint density at radius 3 is 2.67 bits per heavy atom. The molecule has 0 saturated carbocycles. The van der Waals surface area contributed by atoms with Crippen LogP contribution < -0.4 is 5.32 Å². The molecule has 0 amide bonds. The number of anilines is 1. The van der Waals surface area contributed by atoms with Gasteiger partial charge >= 0.3 is 5.69 Å². The fourth-order valence-electron chi connectivity index (χ4n) is 1.09. The van der Waals surface area contributed by atoms with E-state index in [0.717, 1.165) is 12.1 Å². The van der Waals surface area contributed by atoms with E-state index in [1.165, 1.54) is 7.05 Å². The third-order valence-corrected chi connectivity index (χ3v) is 1.99. The number of rotatable bonds is 3. The van der Waals surface area contributed by atoms with E-state index in [-0.39, 0.29) is 16.4 Å². The molecule has 0 spiro atoms. The number of nitro benzene ring substituents is 1. The predicted molar refractivity (Wildman–Crippen MR) is 55.3 cm³/mol. The summed E-state index contributed by atoms with van der Waals surface area (Å²) in [5.74, 6) is -0.967. The first-order valence-electron chi connectivity index (χ1n) is 3.87. The third-order valence-electron chi connectivity index (χ3n) is 1.79. The molecule has 0 unspecified atom stereocenters. The fraction of sp³-hybridized carbons (Fsp3) is 0.125. The Kier molecular flexibility index (Phi) is 3.21. The predicted octanol–water partition coefficient (Wildman–Crippen LogP) is 2.34. The summed E-state index contributed by atoms with van der Waals surface area (Å²) in [6, 6.07) is 1.86. The first-order chi connectivity index (χ1) is 6.97. The van der Waals surface area contributed by atoms with Crippen LogP contribution in [0.2, 0.25) is 0 Å². The maximum Gasteiger partial charge on any atom is 0.305 e. The monoisotopic (exact) mass is 231 g/mol. The summed E-state index contributed by atoms with van der Waals surface area (Å²) in [6.45, 7) is 0. The van der Waals surface area contributed by atoms with Gasteiger partial charge in [-0.05, 0) is 0 Å². The van der Waals surface area contributed by atoms with Crippen molar-refractivity contribution < 1.29 is 9.31 Å². The minimum atomic E-state index is -0.967. The summed E-state index contributed by atoms with van der Waals surface area (Å²) < 4.78 is 13.1. The van der Waals surface area contributed by atoms with Gasteiger partial charge in [0.2, 0.25) is 5.82 Å². The highest BCUT2D eigenvalue weighted by Crippen LogP contribution is 2.26. The quantitative estimate of drug-likeness (QED) is 0.476. The first-order valence-corrected chi connectivity index (χ1v) is 4.25. The van der Waals surface area contributed by atoms with Crippen LogP contribution >= 0.6 is 11.6 Å². The first kappa shape index (κ1) is 11.4. The van der Waals surface area contributed by atoms with Crippen LogP contribution in [-0.4, -0.2) is 17.1 Å². The maximum absolute atomic E-state index is 13.1. The van der Waals surface area contributed by atoms with Crippen LogP contribution in [0.1, 0.15) is 5.56 Å². The number of halogens is 2. The van der Waals surface area contributed by atoms with Gasteiger partial charge in [-0.15, -0.1) is 0 Å². The van der Waals surface area contributed by atoms with Crippen molar-refractivity contribution in [1.82, 2.24) is 0 Å². The summed E-state index contributed by atoms with van der Waals surface area (Å²) in [4.78, 5) is 9.56. The lowest BCUT2D eigenvalue weighted by Crippen LogP contribution is -2.02. The molecule has 5 nitrogen and oxygen atoms in total. The Labute approximate surface area is 89.5 Å². The molecule has 15 heavy (non-hydrogen) atoms. The molecule has 1 rings (SSSR count). The molecule has 0 radical (unpaired) electrons. The maximum atomic E-state index is 13.1. The summed E-state index contributed by atoms with van der Waals surface area (Å²) in [5, 5.41) is 19.8. The average molecular weight is 232 g/mol. The van der Waals surface area contributed by atoms with E-state index in [4.69, 9.17) is 17.0 Å². The van der Waals surface area contributed by atoms with E-state index in [2.05, 4.69) is 5.32 Å². The zero-order chi connectivity index (χ0) is 11.6. The Morgan fingerprint density at radius 2 is 2.27 bits per heavy atom. The third kappa shape index (κ3) is 2.21. The zero-order valence-corrected chi connectivity index (χ0v) is 8.43. The van der Waals surface area contributed by atoms with Crippen molar-refractivity contribution in [1.29, 1.82) is 5.41 Å². The van der Waals surface area contributed by atoms with Gasteiger partial charge in [-0.25, -0.2) is 0 Å². The second kappa shape index (κ2) is 4.22. The molecule has 0 heterocycles.